The summed E-state index contributed by atoms with van der Waals surface area (Å²) in [4.78, 5) is 32.0. The van der Waals surface area contributed by atoms with Gasteiger partial charge in [0.25, 0.3) is 5.91 Å². The van der Waals surface area contributed by atoms with Crippen LogP contribution in [0.4, 0.5) is 0 Å². The molecule has 1 aromatic heterocycles. The predicted molar refractivity (Wildman–Crippen MR) is 122 cm³/mol. The Hall–Kier alpha value is -2.62. The van der Waals surface area contributed by atoms with Crippen molar-refractivity contribution in [2.45, 2.75) is 30.6 Å². The number of hydrogen-bond acceptors (Lipinski definition) is 7. The number of nitrogens with zero attached hydrogens (tertiary/aromatic N) is 2. The molecule has 2 saturated heterocycles. The number of benzene rings is 1. The summed E-state index contributed by atoms with van der Waals surface area (Å²) in [5, 5.41) is 1.97. The van der Waals surface area contributed by atoms with Gasteiger partial charge < -0.3 is 28.7 Å². The highest BCUT2D eigenvalue weighted by molar-refractivity contribution is 7.10. The molecule has 1 aromatic carbocycles. The van der Waals surface area contributed by atoms with E-state index >= 15 is 0 Å². The third-order valence-corrected chi connectivity index (χ3v) is 7.87. The van der Waals surface area contributed by atoms with Gasteiger partial charge in [0.15, 0.2) is 17.3 Å². The molecule has 4 heterocycles. The highest BCUT2D eigenvalue weighted by Crippen LogP contribution is 2.47. The fourth-order valence-corrected chi connectivity index (χ4v) is 6.09. The summed E-state index contributed by atoms with van der Waals surface area (Å²) in [6.07, 6.45) is 1.28. The second-order valence-electron chi connectivity index (χ2n) is 8.58. The zero-order valence-electron chi connectivity index (χ0n) is 19.0. The van der Waals surface area contributed by atoms with Gasteiger partial charge in [0.2, 0.25) is 5.91 Å². The first-order chi connectivity index (χ1) is 16.0. The lowest BCUT2D eigenvalue weighted by Crippen LogP contribution is -2.51. The van der Waals surface area contributed by atoms with Gasteiger partial charge in [-0.3, -0.25) is 9.59 Å². The molecule has 1 spiro atoms. The summed E-state index contributed by atoms with van der Waals surface area (Å²) in [6, 6.07) is 7.01. The average Bonchev–Trinajstić information content (AvgIpc) is 3.53. The largest absolute Gasteiger partial charge is 0.493 e. The Bertz CT molecular complexity index is 1040. The van der Waals surface area contributed by atoms with E-state index in [0.29, 0.717) is 61.8 Å². The second kappa shape index (κ2) is 8.62. The molecule has 3 aliphatic heterocycles. The lowest BCUT2D eigenvalue weighted by molar-refractivity contribution is -0.188. The average molecular weight is 473 g/mol. The van der Waals surface area contributed by atoms with Crippen molar-refractivity contribution in [3.05, 3.63) is 45.6 Å². The molecule has 9 heteroatoms. The van der Waals surface area contributed by atoms with Crippen LogP contribution in [-0.4, -0.2) is 75.0 Å². The number of ether oxygens (including phenoxy) is 4. The Morgan fingerprint density at radius 1 is 1.12 bits per heavy atom. The maximum atomic E-state index is 14.1. The van der Waals surface area contributed by atoms with Gasteiger partial charge in [-0.25, -0.2) is 0 Å². The molecule has 8 nitrogen and oxygen atoms in total. The van der Waals surface area contributed by atoms with E-state index in [9.17, 15) is 9.59 Å². The van der Waals surface area contributed by atoms with Crippen molar-refractivity contribution >= 4 is 23.2 Å². The highest BCUT2D eigenvalue weighted by Gasteiger charge is 2.47. The summed E-state index contributed by atoms with van der Waals surface area (Å²) in [7, 11) is 4.85. The molecule has 2 fully saturated rings. The first-order valence-corrected chi connectivity index (χ1v) is 12.0. The van der Waals surface area contributed by atoms with Gasteiger partial charge in [-0.15, -0.1) is 11.3 Å². The van der Waals surface area contributed by atoms with Crippen molar-refractivity contribution in [3.63, 3.8) is 0 Å². The third-order valence-electron chi connectivity index (χ3n) is 6.93. The first kappa shape index (κ1) is 22.2. The minimum absolute atomic E-state index is 0.00549. The molecule has 0 radical (unpaired) electrons. The number of hydrogen-bond donors (Lipinski definition) is 0. The Morgan fingerprint density at radius 3 is 2.39 bits per heavy atom. The van der Waals surface area contributed by atoms with E-state index in [1.807, 2.05) is 22.4 Å². The SMILES string of the molecule is COc1cc2c(cc1OC)[C@@H](C(=O)N1CCC3(CC1)OCCO3)[C@@H](c1cccs1)N(C)C2=O. The van der Waals surface area contributed by atoms with Crippen LogP contribution < -0.4 is 9.47 Å². The van der Waals surface area contributed by atoms with Crippen LogP contribution in [0, 0.1) is 0 Å². The van der Waals surface area contributed by atoms with Crippen LogP contribution in [0.2, 0.25) is 0 Å². The van der Waals surface area contributed by atoms with Gasteiger partial charge in [0, 0.05) is 43.4 Å². The molecule has 2 amide bonds. The smallest absolute Gasteiger partial charge is 0.254 e. The number of amides is 2. The van der Waals surface area contributed by atoms with E-state index in [0.717, 1.165) is 4.88 Å². The van der Waals surface area contributed by atoms with Gasteiger partial charge in [-0.1, -0.05) is 6.07 Å². The van der Waals surface area contributed by atoms with Gasteiger partial charge >= 0.3 is 0 Å². The molecule has 0 unspecified atom stereocenters. The summed E-state index contributed by atoms with van der Waals surface area (Å²) < 4.78 is 22.6. The minimum atomic E-state index is -0.558. The van der Waals surface area contributed by atoms with Crippen molar-refractivity contribution in [1.29, 1.82) is 0 Å². The summed E-state index contributed by atoms with van der Waals surface area (Å²) >= 11 is 1.55. The van der Waals surface area contributed by atoms with Crippen LogP contribution in [-0.2, 0) is 14.3 Å². The summed E-state index contributed by atoms with van der Waals surface area (Å²) in [5.41, 5.74) is 1.14. The molecular formula is C24H28N2O6S. The molecule has 0 N–H and O–H groups in total. The molecule has 5 rings (SSSR count). The third kappa shape index (κ3) is 3.68. The minimum Gasteiger partial charge on any atom is -0.493 e. The number of fused-ring (bicyclic) bond motifs is 1. The second-order valence-corrected chi connectivity index (χ2v) is 9.56. The van der Waals surface area contributed by atoms with E-state index in [-0.39, 0.29) is 11.8 Å². The Morgan fingerprint density at radius 2 is 1.79 bits per heavy atom. The number of likely N-dealkylation sites (N-methyl/N-ethyl adjacent to an activating group) is 1. The van der Waals surface area contributed by atoms with Crippen LogP contribution in [0.25, 0.3) is 0 Å². The van der Waals surface area contributed by atoms with Crippen molar-refractivity contribution < 1.29 is 28.5 Å². The van der Waals surface area contributed by atoms with E-state index < -0.39 is 17.7 Å². The monoisotopic (exact) mass is 472 g/mol. The van der Waals surface area contributed by atoms with Crippen molar-refractivity contribution in [1.82, 2.24) is 9.80 Å². The molecule has 3 aliphatic rings. The van der Waals surface area contributed by atoms with E-state index in [4.69, 9.17) is 18.9 Å². The quantitative estimate of drug-likeness (QED) is 0.681. The van der Waals surface area contributed by atoms with E-state index in [1.54, 1.807) is 42.5 Å². The summed E-state index contributed by atoms with van der Waals surface area (Å²) in [5.74, 6) is -0.290. The number of thiophene rings is 1. The maximum Gasteiger partial charge on any atom is 0.254 e. The van der Waals surface area contributed by atoms with Crippen molar-refractivity contribution in [3.8, 4) is 11.5 Å². The van der Waals surface area contributed by atoms with Crippen LogP contribution in [0.15, 0.2) is 29.6 Å². The Kier molecular flexibility index (Phi) is 5.80. The van der Waals surface area contributed by atoms with E-state index in [1.165, 1.54) is 7.11 Å². The Balaban J connectivity index is 1.56. The molecular weight excluding hydrogens is 444 g/mol. The van der Waals surface area contributed by atoms with Gasteiger partial charge in [0.05, 0.1) is 39.4 Å². The van der Waals surface area contributed by atoms with Gasteiger partial charge in [-0.2, -0.15) is 0 Å². The number of methoxy groups -OCH3 is 2. The molecule has 0 aliphatic carbocycles. The molecule has 176 valence electrons. The number of likely N-dealkylation sites (tertiary alicyclic amines) is 1. The standard InChI is InChI=1S/C24H28N2O6S/c1-25-21(19-5-4-12-33-19)20(15-13-17(29-2)18(30-3)14-16(15)22(25)27)23(28)26-8-6-24(7-9-26)31-10-11-32-24/h4-5,12-14,20-21H,6-11H2,1-3H3/t20-,21-/m1/s1. The van der Waals surface area contributed by atoms with Crippen LogP contribution in [0.3, 0.4) is 0 Å². The van der Waals surface area contributed by atoms with Gasteiger partial charge in [-0.05, 0) is 29.1 Å². The molecule has 0 saturated carbocycles. The van der Waals surface area contributed by atoms with Gasteiger partial charge in [0.1, 0.15) is 0 Å². The van der Waals surface area contributed by atoms with Crippen molar-refractivity contribution in [2.24, 2.45) is 0 Å². The fraction of sp³-hybridized carbons (Fsp3) is 0.500. The molecule has 0 bridgehead atoms. The van der Waals surface area contributed by atoms with Crippen LogP contribution >= 0.6 is 11.3 Å². The number of carbonyl (C=O) groups excluding carboxylic acids is 2. The van der Waals surface area contributed by atoms with Crippen molar-refractivity contribution in [2.75, 3.05) is 47.6 Å². The molecule has 33 heavy (non-hydrogen) atoms. The zero-order chi connectivity index (χ0) is 23.2. The topological polar surface area (TPSA) is 77.5 Å². The predicted octanol–water partition coefficient (Wildman–Crippen LogP) is 3.04. The van der Waals surface area contributed by atoms with Crippen LogP contribution in [0.5, 0.6) is 11.5 Å². The summed E-state index contributed by atoms with van der Waals surface area (Å²) in [6.45, 7) is 2.29. The zero-order valence-corrected chi connectivity index (χ0v) is 19.9. The number of carbonyl (C=O) groups is 2. The van der Waals surface area contributed by atoms with E-state index in [2.05, 4.69) is 0 Å². The molecule has 2 aromatic rings. The number of piperidine rings is 1. The Labute approximate surface area is 197 Å². The lowest BCUT2D eigenvalue weighted by atomic mass is 9.80. The highest BCUT2D eigenvalue weighted by atomic mass is 32.1. The maximum absolute atomic E-state index is 14.1. The number of rotatable bonds is 4. The molecule has 2 atom stereocenters. The van der Waals surface area contributed by atoms with Crippen LogP contribution in [0.1, 0.15) is 45.6 Å². The lowest BCUT2D eigenvalue weighted by Gasteiger charge is -2.43. The normalized spacial score (nSPS) is 24.2. The fourth-order valence-electron chi connectivity index (χ4n) is 5.18. The first-order valence-electron chi connectivity index (χ1n) is 11.1.